The second-order valence-corrected chi connectivity index (χ2v) is 6.85. The lowest BCUT2D eigenvalue weighted by Crippen LogP contribution is -2.39. The Morgan fingerprint density at radius 3 is 2.59 bits per heavy atom. The van der Waals surface area contributed by atoms with Crippen molar-refractivity contribution in [2.24, 2.45) is 5.92 Å². The van der Waals surface area contributed by atoms with Crippen LogP contribution in [0, 0.1) is 5.92 Å². The average molecular weight is 363 g/mol. The Balaban J connectivity index is 1.38. The largest absolute Gasteiger partial charge is 0.430 e. The first-order valence-electron chi connectivity index (χ1n) is 9.15. The van der Waals surface area contributed by atoms with Crippen LogP contribution >= 0.6 is 0 Å². The molecule has 6 nitrogen and oxygen atoms in total. The standard InChI is InChI=1S/C21H21N3O3/c25-19-7-6-18(15-27-19)21(26)23-11-8-16(9-12-23)14-24-13-10-22-20(24)17-4-2-1-3-5-17/h1-7,10,13,15-16H,8-9,11-12,14H2. The van der Waals surface area contributed by atoms with Gasteiger partial charge < -0.3 is 13.9 Å². The topological polar surface area (TPSA) is 68.3 Å². The van der Waals surface area contributed by atoms with Crippen LogP contribution in [0.5, 0.6) is 0 Å². The van der Waals surface area contributed by atoms with Crippen LogP contribution in [0.25, 0.3) is 11.4 Å². The van der Waals surface area contributed by atoms with Gasteiger partial charge in [-0.3, -0.25) is 4.79 Å². The zero-order valence-corrected chi connectivity index (χ0v) is 15.0. The Hall–Kier alpha value is -3.15. The van der Waals surface area contributed by atoms with Crippen LogP contribution in [-0.2, 0) is 6.54 Å². The van der Waals surface area contributed by atoms with Crippen LogP contribution in [0.3, 0.4) is 0 Å². The summed E-state index contributed by atoms with van der Waals surface area (Å²) in [5.74, 6) is 1.40. The summed E-state index contributed by atoms with van der Waals surface area (Å²) in [6, 6.07) is 13.0. The smallest absolute Gasteiger partial charge is 0.335 e. The summed E-state index contributed by atoms with van der Waals surface area (Å²) in [6.07, 6.45) is 6.98. The fraction of sp³-hybridized carbons (Fsp3) is 0.286. The normalized spacial score (nSPS) is 15.0. The van der Waals surface area contributed by atoms with Crippen LogP contribution in [0.4, 0.5) is 0 Å². The molecule has 3 heterocycles. The van der Waals surface area contributed by atoms with Gasteiger partial charge in [0.15, 0.2) is 0 Å². The Bertz CT molecular complexity index is 949. The maximum Gasteiger partial charge on any atom is 0.335 e. The molecule has 0 unspecified atom stereocenters. The van der Waals surface area contributed by atoms with E-state index in [2.05, 4.69) is 21.7 Å². The third kappa shape index (κ3) is 3.84. The van der Waals surface area contributed by atoms with Crippen LogP contribution in [0.1, 0.15) is 23.2 Å². The molecule has 1 saturated heterocycles. The van der Waals surface area contributed by atoms with Crippen molar-refractivity contribution in [1.82, 2.24) is 14.5 Å². The van der Waals surface area contributed by atoms with Crippen LogP contribution in [0.15, 0.2) is 70.3 Å². The molecule has 27 heavy (non-hydrogen) atoms. The molecule has 0 aliphatic carbocycles. The van der Waals surface area contributed by atoms with Crippen molar-refractivity contribution in [1.29, 1.82) is 0 Å². The highest BCUT2D eigenvalue weighted by Gasteiger charge is 2.24. The van der Waals surface area contributed by atoms with Crippen LogP contribution in [-0.4, -0.2) is 33.4 Å². The lowest BCUT2D eigenvalue weighted by Gasteiger charge is -2.32. The van der Waals surface area contributed by atoms with Crippen LogP contribution < -0.4 is 5.63 Å². The molecule has 4 rings (SSSR count). The summed E-state index contributed by atoms with van der Waals surface area (Å²) in [7, 11) is 0. The quantitative estimate of drug-likeness (QED) is 0.714. The minimum Gasteiger partial charge on any atom is -0.430 e. The maximum absolute atomic E-state index is 12.5. The Morgan fingerprint density at radius 1 is 1.11 bits per heavy atom. The number of nitrogens with zero attached hydrogens (tertiary/aromatic N) is 3. The number of benzene rings is 1. The SMILES string of the molecule is O=C(c1ccc(=O)oc1)N1CCC(Cn2ccnc2-c2ccccc2)CC1. The first kappa shape index (κ1) is 17.3. The van der Waals surface area contributed by atoms with Gasteiger partial charge in [0.05, 0.1) is 5.56 Å². The lowest BCUT2D eigenvalue weighted by molar-refractivity contribution is 0.0680. The summed E-state index contributed by atoms with van der Waals surface area (Å²) < 4.78 is 7.00. The van der Waals surface area contributed by atoms with Crippen molar-refractivity contribution in [3.8, 4) is 11.4 Å². The highest BCUT2D eigenvalue weighted by molar-refractivity contribution is 5.93. The lowest BCUT2D eigenvalue weighted by atomic mass is 9.96. The number of hydrogen-bond acceptors (Lipinski definition) is 4. The van der Waals surface area contributed by atoms with E-state index in [9.17, 15) is 9.59 Å². The van der Waals surface area contributed by atoms with Gasteiger partial charge in [-0.25, -0.2) is 9.78 Å². The zero-order valence-electron chi connectivity index (χ0n) is 15.0. The van der Waals surface area contributed by atoms with Gasteiger partial charge in [-0.15, -0.1) is 0 Å². The molecule has 6 heteroatoms. The van der Waals surface area contributed by atoms with E-state index in [-0.39, 0.29) is 5.91 Å². The van der Waals surface area contributed by atoms with E-state index in [1.807, 2.05) is 35.5 Å². The molecular weight excluding hydrogens is 342 g/mol. The molecule has 1 fully saturated rings. The number of carbonyl (C=O) groups is 1. The van der Waals surface area contributed by atoms with E-state index in [1.165, 1.54) is 18.4 Å². The molecule has 0 radical (unpaired) electrons. The molecule has 3 aromatic rings. The van der Waals surface area contributed by atoms with E-state index in [4.69, 9.17) is 4.42 Å². The predicted molar refractivity (Wildman–Crippen MR) is 101 cm³/mol. The molecule has 2 aromatic heterocycles. The van der Waals surface area contributed by atoms with Gasteiger partial charge in [0, 0.05) is 43.7 Å². The molecular formula is C21H21N3O3. The average Bonchev–Trinajstić information content (AvgIpc) is 3.17. The monoisotopic (exact) mass is 363 g/mol. The van der Waals surface area contributed by atoms with Crippen molar-refractivity contribution in [3.63, 3.8) is 0 Å². The summed E-state index contributed by atoms with van der Waals surface area (Å²) in [5.41, 5.74) is 1.09. The Morgan fingerprint density at radius 2 is 1.89 bits per heavy atom. The zero-order chi connectivity index (χ0) is 18.6. The highest BCUT2D eigenvalue weighted by Crippen LogP contribution is 2.24. The molecule has 1 aliphatic rings. The minimum atomic E-state index is -0.445. The first-order valence-corrected chi connectivity index (χ1v) is 9.15. The van der Waals surface area contributed by atoms with Crippen molar-refractivity contribution in [3.05, 3.63) is 77.1 Å². The van der Waals surface area contributed by atoms with E-state index in [0.717, 1.165) is 30.8 Å². The van der Waals surface area contributed by atoms with Gasteiger partial charge in [-0.1, -0.05) is 30.3 Å². The molecule has 0 N–H and O–H groups in total. The number of likely N-dealkylation sites (tertiary alicyclic amines) is 1. The second kappa shape index (κ2) is 7.61. The van der Waals surface area contributed by atoms with Gasteiger partial charge >= 0.3 is 5.63 Å². The molecule has 0 saturated carbocycles. The van der Waals surface area contributed by atoms with E-state index >= 15 is 0 Å². The van der Waals surface area contributed by atoms with Crippen molar-refractivity contribution in [2.75, 3.05) is 13.1 Å². The summed E-state index contributed by atoms with van der Waals surface area (Å²) >= 11 is 0. The molecule has 138 valence electrons. The summed E-state index contributed by atoms with van der Waals surface area (Å²) in [4.78, 5) is 29.9. The van der Waals surface area contributed by atoms with E-state index < -0.39 is 5.63 Å². The van der Waals surface area contributed by atoms with E-state index in [0.29, 0.717) is 24.6 Å². The number of piperidine rings is 1. The number of amides is 1. The highest BCUT2D eigenvalue weighted by atomic mass is 16.4. The number of rotatable bonds is 4. The minimum absolute atomic E-state index is 0.0789. The van der Waals surface area contributed by atoms with Gasteiger partial charge in [-0.2, -0.15) is 0 Å². The van der Waals surface area contributed by atoms with Gasteiger partial charge in [0.2, 0.25) is 0 Å². The predicted octanol–water partition coefficient (Wildman–Crippen LogP) is 3.06. The third-order valence-electron chi connectivity index (χ3n) is 5.05. The number of carbonyl (C=O) groups excluding carboxylic acids is 1. The maximum atomic E-state index is 12.5. The van der Waals surface area contributed by atoms with Crippen molar-refractivity contribution < 1.29 is 9.21 Å². The van der Waals surface area contributed by atoms with E-state index in [1.54, 1.807) is 0 Å². The fourth-order valence-corrected chi connectivity index (χ4v) is 3.56. The first-order chi connectivity index (χ1) is 13.2. The van der Waals surface area contributed by atoms with Gasteiger partial charge in [0.1, 0.15) is 12.1 Å². The molecule has 1 aliphatic heterocycles. The Kier molecular flexibility index (Phi) is 4.87. The number of imidazole rings is 1. The second-order valence-electron chi connectivity index (χ2n) is 6.85. The summed E-state index contributed by atoms with van der Waals surface area (Å²) in [5, 5.41) is 0. The van der Waals surface area contributed by atoms with Crippen LogP contribution in [0.2, 0.25) is 0 Å². The third-order valence-corrected chi connectivity index (χ3v) is 5.05. The van der Waals surface area contributed by atoms with Crippen molar-refractivity contribution in [2.45, 2.75) is 19.4 Å². The van der Waals surface area contributed by atoms with Crippen molar-refractivity contribution >= 4 is 5.91 Å². The molecule has 0 atom stereocenters. The van der Waals surface area contributed by atoms with Gasteiger partial charge in [0.25, 0.3) is 5.91 Å². The number of hydrogen-bond donors (Lipinski definition) is 0. The molecule has 0 bridgehead atoms. The fourth-order valence-electron chi connectivity index (χ4n) is 3.56. The molecule has 0 spiro atoms. The molecule has 1 amide bonds. The summed E-state index contributed by atoms with van der Waals surface area (Å²) in [6.45, 7) is 2.31. The number of aromatic nitrogens is 2. The molecule has 1 aromatic carbocycles. The van der Waals surface area contributed by atoms with Gasteiger partial charge in [-0.05, 0) is 24.8 Å². The Labute approximate surface area is 157 Å².